The summed E-state index contributed by atoms with van der Waals surface area (Å²) in [5.74, 6) is -2.27. The smallest absolute Gasteiger partial charge is 0.276 e. The number of hydrogen-bond acceptors (Lipinski definition) is 5. The third-order valence-electron chi connectivity index (χ3n) is 6.42. The normalized spacial score (nSPS) is 25.0. The third kappa shape index (κ3) is 3.20. The first-order valence-electron chi connectivity index (χ1n) is 10.3. The number of ether oxygens (including phenoxy) is 1. The van der Waals surface area contributed by atoms with Crippen LogP contribution in [0.3, 0.4) is 0 Å². The van der Waals surface area contributed by atoms with Gasteiger partial charge in [-0.3, -0.25) is 14.4 Å². The number of hydrogen-bond donors (Lipinski definition) is 2. The molecule has 0 radical (unpaired) electrons. The van der Waals surface area contributed by atoms with E-state index in [1.807, 2.05) is 0 Å². The van der Waals surface area contributed by atoms with Crippen molar-refractivity contribution < 1.29 is 23.8 Å². The van der Waals surface area contributed by atoms with Crippen molar-refractivity contribution in [3.8, 4) is 5.75 Å². The van der Waals surface area contributed by atoms with E-state index in [9.17, 15) is 23.9 Å². The van der Waals surface area contributed by atoms with Crippen molar-refractivity contribution in [3.05, 3.63) is 63.3 Å². The van der Waals surface area contributed by atoms with E-state index in [1.54, 1.807) is 24.0 Å². The molecule has 3 heterocycles. The number of carbonyl (C=O) groups excluding carboxylic acids is 2. The quantitative estimate of drug-likeness (QED) is 0.780. The molecule has 5 rings (SSSR count). The monoisotopic (exact) mass is 427 g/mol. The largest absolute Gasteiger partial charge is 0.503 e. The van der Waals surface area contributed by atoms with E-state index in [1.165, 1.54) is 22.9 Å². The molecule has 3 aliphatic rings. The molecule has 0 spiro atoms. The molecule has 0 unspecified atom stereocenters. The average Bonchev–Trinajstić information content (AvgIpc) is 3.11. The maximum atomic E-state index is 13.1. The molecule has 2 bridgehead atoms. The van der Waals surface area contributed by atoms with Gasteiger partial charge in [0.1, 0.15) is 11.4 Å². The van der Waals surface area contributed by atoms with E-state index in [0.717, 1.165) is 19.3 Å². The van der Waals surface area contributed by atoms with Gasteiger partial charge in [-0.15, -0.1) is 0 Å². The molecule has 4 atom stereocenters. The van der Waals surface area contributed by atoms with Gasteiger partial charge >= 0.3 is 0 Å². The molecule has 1 saturated carbocycles. The maximum Gasteiger partial charge on any atom is 0.276 e. The van der Waals surface area contributed by atoms with E-state index in [2.05, 4.69) is 5.32 Å². The molecular weight excluding hydrogens is 405 g/mol. The van der Waals surface area contributed by atoms with Crippen molar-refractivity contribution in [3.63, 3.8) is 0 Å². The molecule has 1 saturated heterocycles. The predicted octanol–water partition coefficient (Wildman–Crippen LogP) is 1.92. The summed E-state index contributed by atoms with van der Waals surface area (Å²) >= 11 is 0. The maximum absolute atomic E-state index is 13.1. The summed E-state index contributed by atoms with van der Waals surface area (Å²) in [5.41, 5.74) is -0.619. The van der Waals surface area contributed by atoms with E-state index in [4.69, 9.17) is 4.74 Å². The Hall–Kier alpha value is -3.20. The molecule has 31 heavy (non-hydrogen) atoms. The van der Waals surface area contributed by atoms with Crippen LogP contribution in [0.2, 0.25) is 0 Å². The molecule has 1 aromatic heterocycles. The van der Waals surface area contributed by atoms with Crippen LogP contribution in [0, 0.1) is 5.82 Å². The fourth-order valence-electron chi connectivity index (χ4n) is 4.82. The Morgan fingerprint density at radius 3 is 2.74 bits per heavy atom. The zero-order valence-electron chi connectivity index (χ0n) is 16.9. The Labute approximate surface area is 177 Å². The number of halogens is 1. The van der Waals surface area contributed by atoms with E-state index < -0.39 is 41.1 Å². The van der Waals surface area contributed by atoms with E-state index in [0.29, 0.717) is 5.56 Å². The van der Waals surface area contributed by atoms with Crippen molar-refractivity contribution in [2.24, 2.45) is 0 Å². The van der Waals surface area contributed by atoms with Crippen molar-refractivity contribution >= 4 is 11.8 Å². The lowest BCUT2D eigenvalue weighted by Crippen LogP contribution is -2.57. The Balaban J connectivity index is 1.45. The summed E-state index contributed by atoms with van der Waals surface area (Å²) in [6, 6.07) is 5.20. The lowest BCUT2D eigenvalue weighted by Gasteiger charge is -2.44. The van der Waals surface area contributed by atoms with Crippen LogP contribution in [0.15, 0.2) is 35.3 Å². The molecule has 2 N–H and O–H groups in total. The summed E-state index contributed by atoms with van der Waals surface area (Å²) in [6.07, 6.45) is 3.39. The van der Waals surface area contributed by atoms with Crippen LogP contribution in [0.5, 0.6) is 5.75 Å². The van der Waals surface area contributed by atoms with Crippen molar-refractivity contribution in [1.29, 1.82) is 0 Å². The summed E-state index contributed by atoms with van der Waals surface area (Å²) in [6.45, 7) is 1.93. The van der Waals surface area contributed by atoms with Gasteiger partial charge in [0.2, 0.25) is 5.43 Å². The van der Waals surface area contributed by atoms with E-state index >= 15 is 0 Å². The van der Waals surface area contributed by atoms with Crippen molar-refractivity contribution in [2.75, 3.05) is 0 Å². The lowest BCUT2D eigenvalue weighted by atomic mass is 10.1. The van der Waals surface area contributed by atoms with Crippen LogP contribution in [-0.2, 0) is 11.3 Å². The molecule has 9 heteroatoms. The second kappa shape index (κ2) is 7.19. The molecule has 162 valence electrons. The van der Waals surface area contributed by atoms with Gasteiger partial charge < -0.3 is 24.6 Å². The first-order chi connectivity index (χ1) is 14.8. The highest BCUT2D eigenvalue weighted by Gasteiger charge is 2.47. The summed E-state index contributed by atoms with van der Waals surface area (Å²) < 4.78 is 20.6. The van der Waals surface area contributed by atoms with Gasteiger partial charge in [0, 0.05) is 12.2 Å². The number of aromatic nitrogens is 1. The molecular formula is C22H22FN3O5. The first kappa shape index (κ1) is 19.7. The SMILES string of the molecule is C[C@@H](NC(=O)c1cn2c(c(O)c1=O)C(=O)N1[C@H]3CC[C@H](C3)O[C@@H]1C2)c1ccc(F)cc1. The second-order valence-electron chi connectivity index (χ2n) is 8.36. The molecule has 2 amide bonds. The van der Waals surface area contributed by atoms with Crippen LogP contribution < -0.4 is 10.7 Å². The summed E-state index contributed by atoms with van der Waals surface area (Å²) in [5, 5.41) is 13.2. The molecule has 8 nitrogen and oxygen atoms in total. The highest BCUT2D eigenvalue weighted by Crippen LogP contribution is 2.38. The van der Waals surface area contributed by atoms with Crippen LogP contribution in [0.25, 0.3) is 0 Å². The zero-order valence-corrected chi connectivity index (χ0v) is 16.9. The highest BCUT2D eigenvalue weighted by atomic mass is 19.1. The molecule has 1 aromatic carbocycles. The second-order valence-corrected chi connectivity index (χ2v) is 8.36. The Morgan fingerprint density at radius 2 is 2.00 bits per heavy atom. The fourth-order valence-corrected chi connectivity index (χ4v) is 4.82. The third-order valence-corrected chi connectivity index (χ3v) is 6.42. The Morgan fingerprint density at radius 1 is 1.26 bits per heavy atom. The van der Waals surface area contributed by atoms with Gasteiger partial charge in [-0.1, -0.05) is 12.1 Å². The van der Waals surface area contributed by atoms with Crippen LogP contribution >= 0.6 is 0 Å². The Bertz CT molecular complexity index is 1130. The van der Waals surface area contributed by atoms with Crippen LogP contribution in [0.1, 0.15) is 58.6 Å². The minimum atomic E-state index is -0.899. The number of fused-ring (bicyclic) bond motifs is 5. The van der Waals surface area contributed by atoms with Crippen molar-refractivity contribution in [1.82, 2.24) is 14.8 Å². The molecule has 1 aliphatic carbocycles. The van der Waals surface area contributed by atoms with E-state index in [-0.39, 0.29) is 29.9 Å². The van der Waals surface area contributed by atoms with Gasteiger partial charge in [0.25, 0.3) is 11.8 Å². The zero-order chi connectivity index (χ0) is 21.9. The highest BCUT2D eigenvalue weighted by molar-refractivity contribution is 5.99. The summed E-state index contributed by atoms with van der Waals surface area (Å²) in [4.78, 5) is 40.2. The standard InChI is InChI=1S/C22H22FN3O5/c1-11(12-2-4-13(23)5-3-12)24-21(29)16-9-25-10-17-26(14-6-7-15(8-14)31-17)22(30)18(25)20(28)19(16)27/h2-5,9,11,14-15,17,28H,6-8,10H2,1H3,(H,24,29)/t11-,14+,15-,17-/m1/s1. The molecule has 2 aromatic rings. The fraction of sp³-hybridized carbons (Fsp3) is 0.409. The predicted molar refractivity (Wildman–Crippen MR) is 107 cm³/mol. The van der Waals surface area contributed by atoms with Gasteiger partial charge in [0.05, 0.1) is 18.7 Å². The summed E-state index contributed by atoms with van der Waals surface area (Å²) in [7, 11) is 0. The van der Waals surface area contributed by atoms with Gasteiger partial charge in [0.15, 0.2) is 17.7 Å². The number of rotatable bonds is 3. The minimum Gasteiger partial charge on any atom is -0.503 e. The topological polar surface area (TPSA) is 101 Å². The van der Waals surface area contributed by atoms with Gasteiger partial charge in [-0.05, 0) is 43.9 Å². The molecule has 2 fully saturated rings. The average molecular weight is 427 g/mol. The number of benzene rings is 1. The number of nitrogens with zero attached hydrogens (tertiary/aromatic N) is 2. The van der Waals surface area contributed by atoms with Gasteiger partial charge in [-0.25, -0.2) is 4.39 Å². The lowest BCUT2D eigenvalue weighted by molar-refractivity contribution is -0.132. The number of aromatic hydroxyl groups is 1. The van der Waals surface area contributed by atoms with Crippen LogP contribution in [0.4, 0.5) is 4.39 Å². The van der Waals surface area contributed by atoms with Crippen LogP contribution in [-0.4, -0.2) is 44.8 Å². The van der Waals surface area contributed by atoms with Crippen molar-refractivity contribution in [2.45, 2.75) is 57.1 Å². The number of carbonyl (C=O) groups is 2. The molecule has 2 aliphatic heterocycles. The first-order valence-corrected chi connectivity index (χ1v) is 10.3. The minimum absolute atomic E-state index is 0.0408. The number of nitrogens with one attached hydrogen (secondary N) is 1. The number of pyridine rings is 1. The Kier molecular flexibility index (Phi) is 4.58. The van der Waals surface area contributed by atoms with Gasteiger partial charge in [-0.2, -0.15) is 0 Å². The number of amides is 2.